The predicted molar refractivity (Wildman–Crippen MR) is 88.7 cm³/mol. The normalized spacial score (nSPS) is 16.4. The Kier molecular flexibility index (Phi) is 6.68. The van der Waals surface area contributed by atoms with Gasteiger partial charge in [-0.3, -0.25) is 4.90 Å². The Labute approximate surface area is 129 Å². The van der Waals surface area contributed by atoms with Crippen LogP contribution in [0, 0.1) is 0 Å². The summed E-state index contributed by atoms with van der Waals surface area (Å²) < 4.78 is 5.17. The van der Waals surface area contributed by atoms with Crippen LogP contribution in [0.3, 0.4) is 0 Å². The molecule has 0 radical (unpaired) electrons. The molecular weight excluding hydrogens is 260 g/mol. The molecule has 1 N–H and O–H groups in total. The second-order valence-corrected chi connectivity index (χ2v) is 6.19. The quantitative estimate of drug-likeness (QED) is 0.717. The minimum atomic E-state index is 0.593. The Hall–Kier alpha value is -0.900. The summed E-state index contributed by atoms with van der Waals surface area (Å²) >= 11 is 0. The minimum Gasteiger partial charge on any atom is -0.383 e. The van der Waals surface area contributed by atoms with Crippen molar-refractivity contribution in [2.45, 2.75) is 45.2 Å². The molecule has 1 unspecified atom stereocenters. The number of ether oxygens (including phenoxy) is 1. The van der Waals surface area contributed by atoms with E-state index < -0.39 is 0 Å². The predicted octanol–water partition coefficient (Wildman–Crippen LogP) is 3.01. The summed E-state index contributed by atoms with van der Waals surface area (Å²) in [7, 11) is 1.76. The molecule has 3 nitrogen and oxygen atoms in total. The van der Waals surface area contributed by atoms with Gasteiger partial charge in [-0.25, -0.2) is 0 Å². The number of benzene rings is 1. The lowest BCUT2D eigenvalue weighted by atomic mass is 9.99. The fourth-order valence-electron chi connectivity index (χ4n) is 2.53. The van der Waals surface area contributed by atoms with Crippen molar-refractivity contribution in [1.29, 1.82) is 0 Å². The lowest BCUT2D eigenvalue weighted by Gasteiger charge is -2.20. The van der Waals surface area contributed by atoms with Crippen molar-refractivity contribution in [3.8, 4) is 0 Å². The Morgan fingerprint density at radius 2 is 2.00 bits per heavy atom. The van der Waals surface area contributed by atoms with Crippen molar-refractivity contribution in [3.05, 3.63) is 35.4 Å². The Morgan fingerprint density at radius 3 is 2.57 bits per heavy atom. The molecule has 1 aromatic rings. The van der Waals surface area contributed by atoms with Gasteiger partial charge in [-0.05, 0) is 36.4 Å². The summed E-state index contributed by atoms with van der Waals surface area (Å²) in [6.07, 6.45) is 2.72. The van der Waals surface area contributed by atoms with Crippen molar-refractivity contribution in [2.75, 3.05) is 33.4 Å². The van der Waals surface area contributed by atoms with Crippen LogP contribution in [-0.4, -0.2) is 44.3 Å². The molecule has 0 bridgehead atoms. The molecule has 0 spiro atoms. The number of likely N-dealkylation sites (N-methyl/N-ethyl adjacent to an activating group) is 1. The molecule has 0 amide bonds. The van der Waals surface area contributed by atoms with E-state index in [1.54, 1.807) is 7.11 Å². The van der Waals surface area contributed by atoms with E-state index in [1.807, 2.05) is 0 Å². The van der Waals surface area contributed by atoms with Crippen molar-refractivity contribution in [1.82, 2.24) is 10.2 Å². The second kappa shape index (κ2) is 8.52. The zero-order chi connectivity index (χ0) is 15.1. The Balaban J connectivity index is 1.81. The number of nitrogens with zero attached hydrogens (tertiary/aromatic N) is 1. The minimum absolute atomic E-state index is 0.593. The van der Waals surface area contributed by atoms with Crippen LogP contribution < -0.4 is 5.32 Å². The van der Waals surface area contributed by atoms with Crippen LogP contribution in [0.25, 0.3) is 0 Å². The molecule has 2 rings (SSSR count). The summed E-state index contributed by atoms with van der Waals surface area (Å²) in [6, 6.07) is 9.93. The summed E-state index contributed by atoms with van der Waals surface area (Å²) in [5.41, 5.74) is 2.82. The molecule has 1 saturated carbocycles. The summed E-state index contributed by atoms with van der Waals surface area (Å²) in [4.78, 5) is 2.41. The average molecular weight is 290 g/mol. The zero-order valence-corrected chi connectivity index (χ0v) is 13.8. The highest BCUT2D eigenvalue weighted by atomic mass is 16.5. The molecule has 21 heavy (non-hydrogen) atoms. The molecule has 0 aliphatic heterocycles. The van der Waals surface area contributed by atoms with Gasteiger partial charge in [0.05, 0.1) is 6.61 Å². The van der Waals surface area contributed by atoms with Gasteiger partial charge in [-0.2, -0.15) is 0 Å². The number of nitrogens with one attached hydrogen (secondary N) is 1. The number of methoxy groups -OCH3 is 1. The third-order valence-corrected chi connectivity index (χ3v) is 4.30. The fourth-order valence-corrected chi connectivity index (χ4v) is 2.53. The van der Waals surface area contributed by atoms with Gasteiger partial charge in [0.1, 0.15) is 0 Å². The maximum atomic E-state index is 5.17. The first-order valence-electron chi connectivity index (χ1n) is 8.26. The maximum Gasteiger partial charge on any atom is 0.0589 e. The van der Waals surface area contributed by atoms with Crippen LogP contribution in [0.2, 0.25) is 0 Å². The van der Waals surface area contributed by atoms with Gasteiger partial charge in [0.2, 0.25) is 0 Å². The molecule has 1 atom stereocenters. The molecule has 118 valence electrons. The van der Waals surface area contributed by atoms with Crippen molar-refractivity contribution < 1.29 is 4.74 Å². The number of rotatable bonds is 10. The van der Waals surface area contributed by atoms with Crippen LogP contribution in [-0.2, 0) is 11.3 Å². The first kappa shape index (κ1) is 16.5. The molecule has 1 aliphatic rings. The average Bonchev–Trinajstić information content (AvgIpc) is 3.34. The van der Waals surface area contributed by atoms with E-state index in [2.05, 4.69) is 48.3 Å². The first-order valence-corrected chi connectivity index (χ1v) is 8.26. The van der Waals surface area contributed by atoms with Crippen molar-refractivity contribution in [2.24, 2.45) is 0 Å². The van der Waals surface area contributed by atoms with Crippen LogP contribution in [0.5, 0.6) is 0 Å². The van der Waals surface area contributed by atoms with Crippen LogP contribution in [0.4, 0.5) is 0 Å². The monoisotopic (exact) mass is 290 g/mol. The van der Waals surface area contributed by atoms with E-state index >= 15 is 0 Å². The van der Waals surface area contributed by atoms with E-state index in [0.29, 0.717) is 5.92 Å². The zero-order valence-electron chi connectivity index (χ0n) is 13.8. The van der Waals surface area contributed by atoms with Crippen LogP contribution in [0.1, 0.15) is 43.7 Å². The lowest BCUT2D eigenvalue weighted by molar-refractivity contribution is 0.147. The topological polar surface area (TPSA) is 24.5 Å². The maximum absolute atomic E-state index is 5.17. The van der Waals surface area contributed by atoms with E-state index in [-0.39, 0.29) is 0 Å². The van der Waals surface area contributed by atoms with E-state index in [9.17, 15) is 0 Å². The highest BCUT2D eigenvalue weighted by Gasteiger charge is 2.21. The molecule has 1 fully saturated rings. The highest BCUT2D eigenvalue weighted by Crippen LogP contribution is 2.21. The SMILES string of the molecule is CCN(CCOC)Cc1ccc(C(C)CNC2CC2)cc1. The van der Waals surface area contributed by atoms with E-state index in [0.717, 1.165) is 38.8 Å². The molecule has 0 aromatic heterocycles. The molecule has 0 saturated heterocycles. The summed E-state index contributed by atoms with van der Waals surface area (Å²) in [5.74, 6) is 0.593. The third-order valence-electron chi connectivity index (χ3n) is 4.30. The van der Waals surface area contributed by atoms with Gasteiger partial charge in [0.25, 0.3) is 0 Å². The van der Waals surface area contributed by atoms with Gasteiger partial charge in [0, 0.05) is 32.8 Å². The van der Waals surface area contributed by atoms with Gasteiger partial charge >= 0.3 is 0 Å². The largest absolute Gasteiger partial charge is 0.383 e. The molecule has 1 aliphatic carbocycles. The highest BCUT2D eigenvalue weighted by molar-refractivity contribution is 5.25. The molecular formula is C18H30N2O. The van der Waals surface area contributed by atoms with Gasteiger partial charge in [-0.15, -0.1) is 0 Å². The van der Waals surface area contributed by atoms with E-state index in [1.165, 1.54) is 24.0 Å². The van der Waals surface area contributed by atoms with Gasteiger partial charge < -0.3 is 10.1 Å². The van der Waals surface area contributed by atoms with Gasteiger partial charge in [0.15, 0.2) is 0 Å². The lowest BCUT2D eigenvalue weighted by Crippen LogP contribution is -2.26. The molecule has 1 aromatic carbocycles. The van der Waals surface area contributed by atoms with Crippen LogP contribution >= 0.6 is 0 Å². The summed E-state index contributed by atoms with van der Waals surface area (Å²) in [6.45, 7) is 9.48. The van der Waals surface area contributed by atoms with Crippen LogP contribution in [0.15, 0.2) is 24.3 Å². The molecule has 0 heterocycles. The fraction of sp³-hybridized carbons (Fsp3) is 0.667. The number of hydrogen-bond acceptors (Lipinski definition) is 3. The molecule has 3 heteroatoms. The standard InChI is InChI=1S/C18H30N2O/c1-4-20(11-12-21-3)14-16-5-7-17(8-6-16)15(2)13-19-18-9-10-18/h5-8,15,18-19H,4,9-14H2,1-3H3. The number of hydrogen-bond donors (Lipinski definition) is 1. The van der Waals surface area contributed by atoms with Gasteiger partial charge in [-0.1, -0.05) is 38.1 Å². The Bertz CT molecular complexity index is 400. The second-order valence-electron chi connectivity index (χ2n) is 6.19. The van der Waals surface area contributed by atoms with Crippen molar-refractivity contribution >= 4 is 0 Å². The Morgan fingerprint density at radius 1 is 1.29 bits per heavy atom. The third kappa shape index (κ3) is 5.77. The smallest absolute Gasteiger partial charge is 0.0589 e. The van der Waals surface area contributed by atoms with E-state index in [4.69, 9.17) is 4.74 Å². The summed E-state index contributed by atoms with van der Waals surface area (Å²) in [5, 5.41) is 3.61. The first-order chi connectivity index (χ1) is 10.2. The van der Waals surface area contributed by atoms with Crippen molar-refractivity contribution in [3.63, 3.8) is 0 Å².